The van der Waals surface area contributed by atoms with Crippen molar-refractivity contribution in [1.82, 2.24) is 19.7 Å². The zero-order valence-electron chi connectivity index (χ0n) is 13.4. The van der Waals surface area contributed by atoms with Crippen molar-refractivity contribution in [3.05, 3.63) is 58.5 Å². The Balaban J connectivity index is 1.86. The minimum atomic E-state index is -0.205. The smallest absolute Gasteiger partial charge is 0.245 e. The van der Waals surface area contributed by atoms with Gasteiger partial charge in [-0.05, 0) is 43.8 Å². The number of aromatic nitrogens is 4. The number of anilines is 1. The first-order valence-electron chi connectivity index (χ1n) is 7.48. The lowest BCUT2D eigenvalue weighted by molar-refractivity contribution is -0.116. The Morgan fingerprint density at radius 1 is 1.29 bits per heavy atom. The number of nitrogens with one attached hydrogen (secondary N) is 2. The van der Waals surface area contributed by atoms with E-state index in [-0.39, 0.29) is 12.5 Å². The van der Waals surface area contributed by atoms with Gasteiger partial charge in [-0.2, -0.15) is 5.10 Å². The number of rotatable bonds is 4. The SMILES string of the molecule is Cc1cccc(-c2n[nH]c(=S)n2CC(=O)Nc2ncccc2C)c1. The van der Waals surface area contributed by atoms with Gasteiger partial charge in [0.2, 0.25) is 5.91 Å². The maximum atomic E-state index is 12.4. The van der Waals surface area contributed by atoms with E-state index < -0.39 is 0 Å². The first kappa shape index (κ1) is 16.1. The van der Waals surface area contributed by atoms with Gasteiger partial charge in [0, 0.05) is 11.8 Å². The number of carbonyl (C=O) groups is 1. The molecule has 3 aromatic rings. The van der Waals surface area contributed by atoms with E-state index in [1.165, 1.54) is 0 Å². The summed E-state index contributed by atoms with van der Waals surface area (Å²) in [6.07, 6.45) is 1.64. The summed E-state index contributed by atoms with van der Waals surface area (Å²) in [7, 11) is 0. The Morgan fingerprint density at radius 3 is 2.88 bits per heavy atom. The molecule has 0 aliphatic heterocycles. The minimum Gasteiger partial charge on any atom is -0.309 e. The van der Waals surface area contributed by atoms with E-state index in [2.05, 4.69) is 20.5 Å². The molecule has 0 fully saturated rings. The predicted molar refractivity (Wildman–Crippen MR) is 95.2 cm³/mol. The van der Waals surface area contributed by atoms with Gasteiger partial charge in [-0.25, -0.2) is 4.98 Å². The zero-order chi connectivity index (χ0) is 17.1. The van der Waals surface area contributed by atoms with Crippen molar-refractivity contribution < 1.29 is 4.79 Å². The van der Waals surface area contributed by atoms with Gasteiger partial charge in [-0.15, -0.1) is 0 Å². The number of carbonyl (C=O) groups excluding carboxylic acids is 1. The molecular weight excluding hydrogens is 322 g/mol. The van der Waals surface area contributed by atoms with Crippen molar-refractivity contribution in [3.8, 4) is 11.4 Å². The molecule has 2 aromatic heterocycles. The van der Waals surface area contributed by atoms with Crippen LogP contribution in [0.15, 0.2) is 42.6 Å². The molecule has 1 aromatic carbocycles. The molecule has 6 nitrogen and oxygen atoms in total. The Bertz CT molecular complexity index is 944. The maximum Gasteiger partial charge on any atom is 0.245 e. The first-order valence-corrected chi connectivity index (χ1v) is 7.89. The lowest BCUT2D eigenvalue weighted by Crippen LogP contribution is -2.20. The number of aromatic amines is 1. The molecule has 0 aliphatic rings. The van der Waals surface area contributed by atoms with Gasteiger partial charge < -0.3 is 5.32 Å². The van der Waals surface area contributed by atoms with E-state index in [1.54, 1.807) is 10.8 Å². The molecule has 2 N–H and O–H groups in total. The van der Waals surface area contributed by atoms with E-state index in [4.69, 9.17) is 12.2 Å². The number of hydrogen-bond donors (Lipinski definition) is 2. The third-order valence-corrected chi connectivity index (χ3v) is 3.92. The van der Waals surface area contributed by atoms with Gasteiger partial charge in [0.15, 0.2) is 10.6 Å². The van der Waals surface area contributed by atoms with Crippen LogP contribution in [-0.2, 0) is 11.3 Å². The Morgan fingerprint density at radius 2 is 2.12 bits per heavy atom. The van der Waals surface area contributed by atoms with Crippen LogP contribution in [0.1, 0.15) is 11.1 Å². The molecule has 7 heteroatoms. The quantitative estimate of drug-likeness (QED) is 0.716. The van der Waals surface area contributed by atoms with E-state index >= 15 is 0 Å². The topological polar surface area (TPSA) is 75.6 Å². The molecule has 122 valence electrons. The zero-order valence-corrected chi connectivity index (χ0v) is 14.2. The van der Waals surface area contributed by atoms with Crippen molar-refractivity contribution in [2.75, 3.05) is 5.32 Å². The van der Waals surface area contributed by atoms with Gasteiger partial charge >= 0.3 is 0 Å². The van der Waals surface area contributed by atoms with Crippen molar-refractivity contribution in [1.29, 1.82) is 0 Å². The standard InChI is InChI=1S/C17H17N5OS/c1-11-5-3-7-13(9-11)16-20-21-17(24)22(16)10-14(23)19-15-12(2)6-4-8-18-15/h3-9H,10H2,1-2H3,(H,21,24)(H,18,19,23). The summed E-state index contributed by atoms with van der Waals surface area (Å²) in [5.74, 6) is 0.981. The summed E-state index contributed by atoms with van der Waals surface area (Å²) in [5, 5.41) is 9.82. The normalized spacial score (nSPS) is 10.6. The fourth-order valence-corrected chi connectivity index (χ4v) is 2.60. The van der Waals surface area contributed by atoms with Crippen molar-refractivity contribution in [3.63, 3.8) is 0 Å². The molecule has 0 atom stereocenters. The molecule has 0 unspecified atom stereocenters. The monoisotopic (exact) mass is 339 g/mol. The fourth-order valence-electron chi connectivity index (χ4n) is 2.40. The number of H-pyrrole nitrogens is 1. The maximum absolute atomic E-state index is 12.4. The molecule has 3 rings (SSSR count). The van der Waals surface area contributed by atoms with Crippen LogP contribution in [0.25, 0.3) is 11.4 Å². The Labute approximate surface area is 144 Å². The molecule has 0 radical (unpaired) electrons. The molecule has 0 saturated carbocycles. The van der Waals surface area contributed by atoms with E-state index in [0.29, 0.717) is 16.4 Å². The van der Waals surface area contributed by atoms with Gasteiger partial charge in [-0.1, -0.05) is 29.8 Å². The number of benzene rings is 1. The van der Waals surface area contributed by atoms with Crippen LogP contribution in [0, 0.1) is 18.6 Å². The predicted octanol–water partition coefficient (Wildman–Crippen LogP) is 3.26. The third kappa shape index (κ3) is 3.41. The lowest BCUT2D eigenvalue weighted by atomic mass is 10.1. The van der Waals surface area contributed by atoms with Crippen LogP contribution in [0.4, 0.5) is 5.82 Å². The number of aryl methyl sites for hydroxylation is 2. The van der Waals surface area contributed by atoms with Gasteiger partial charge in [0.05, 0.1) is 0 Å². The van der Waals surface area contributed by atoms with Crippen molar-refractivity contribution >= 4 is 23.9 Å². The first-order chi connectivity index (χ1) is 11.5. The van der Waals surface area contributed by atoms with Gasteiger partial charge in [-0.3, -0.25) is 14.5 Å². The molecule has 24 heavy (non-hydrogen) atoms. The highest BCUT2D eigenvalue weighted by molar-refractivity contribution is 7.71. The second-order valence-electron chi connectivity index (χ2n) is 5.53. The second-order valence-corrected chi connectivity index (χ2v) is 5.91. The summed E-state index contributed by atoms with van der Waals surface area (Å²) >= 11 is 5.26. The summed E-state index contributed by atoms with van der Waals surface area (Å²) in [5.41, 5.74) is 2.92. The molecule has 0 bridgehead atoms. The summed E-state index contributed by atoms with van der Waals surface area (Å²) in [6, 6.07) is 11.6. The van der Waals surface area contributed by atoms with Crippen LogP contribution in [0.3, 0.4) is 0 Å². The molecule has 1 amide bonds. The number of amides is 1. The van der Waals surface area contributed by atoms with Crippen LogP contribution in [-0.4, -0.2) is 25.7 Å². The molecular formula is C17H17N5OS. The number of hydrogen-bond acceptors (Lipinski definition) is 4. The van der Waals surface area contributed by atoms with Crippen LogP contribution in [0.2, 0.25) is 0 Å². The van der Waals surface area contributed by atoms with Crippen molar-refractivity contribution in [2.45, 2.75) is 20.4 Å². The highest BCUT2D eigenvalue weighted by Gasteiger charge is 2.13. The fraction of sp³-hybridized carbons (Fsp3) is 0.176. The van der Waals surface area contributed by atoms with E-state index in [9.17, 15) is 4.79 Å². The number of pyridine rings is 1. The van der Waals surface area contributed by atoms with E-state index in [0.717, 1.165) is 16.7 Å². The lowest BCUT2D eigenvalue weighted by Gasteiger charge is -2.09. The van der Waals surface area contributed by atoms with Crippen molar-refractivity contribution in [2.24, 2.45) is 0 Å². The summed E-state index contributed by atoms with van der Waals surface area (Å²) in [6.45, 7) is 3.96. The molecule has 2 heterocycles. The molecule has 0 spiro atoms. The largest absolute Gasteiger partial charge is 0.309 e. The highest BCUT2D eigenvalue weighted by atomic mass is 32.1. The van der Waals surface area contributed by atoms with Crippen LogP contribution in [0.5, 0.6) is 0 Å². The molecule has 0 saturated heterocycles. The van der Waals surface area contributed by atoms with Gasteiger partial charge in [0.1, 0.15) is 12.4 Å². The van der Waals surface area contributed by atoms with E-state index in [1.807, 2.05) is 50.2 Å². The average Bonchev–Trinajstić information content (AvgIpc) is 2.91. The highest BCUT2D eigenvalue weighted by Crippen LogP contribution is 2.18. The summed E-state index contributed by atoms with van der Waals surface area (Å²) in [4.78, 5) is 16.5. The minimum absolute atomic E-state index is 0.0641. The number of nitrogens with zero attached hydrogens (tertiary/aromatic N) is 3. The Hall–Kier alpha value is -2.80. The summed E-state index contributed by atoms with van der Waals surface area (Å²) < 4.78 is 2.08. The van der Waals surface area contributed by atoms with Crippen LogP contribution < -0.4 is 5.32 Å². The Kier molecular flexibility index (Phi) is 4.52. The average molecular weight is 339 g/mol. The second kappa shape index (κ2) is 6.76. The third-order valence-electron chi connectivity index (χ3n) is 3.60. The van der Waals surface area contributed by atoms with Crippen LogP contribution >= 0.6 is 12.2 Å². The molecule has 0 aliphatic carbocycles. The van der Waals surface area contributed by atoms with Gasteiger partial charge in [0.25, 0.3) is 0 Å².